The van der Waals surface area contributed by atoms with Crippen LogP contribution in [-0.2, 0) is 15.3 Å². The van der Waals surface area contributed by atoms with Gasteiger partial charge in [0.15, 0.2) is 0 Å². The minimum Gasteiger partial charge on any atom is -0.497 e. The van der Waals surface area contributed by atoms with Crippen LogP contribution in [0.2, 0.25) is 0 Å². The Balaban J connectivity index is 2.03. The van der Waals surface area contributed by atoms with E-state index in [1.807, 2.05) is 48.5 Å². The van der Waals surface area contributed by atoms with Crippen molar-refractivity contribution in [2.45, 2.75) is 18.3 Å². The Labute approximate surface area is 130 Å². The molecule has 0 spiro atoms. The zero-order chi connectivity index (χ0) is 15.6. The van der Waals surface area contributed by atoms with E-state index in [1.54, 1.807) is 21.3 Å². The maximum absolute atomic E-state index is 6.22. The maximum atomic E-state index is 6.22. The smallest absolute Gasteiger partial charge is 0.239 e. The molecule has 0 radical (unpaired) electrons. The minimum atomic E-state index is -0.860. The van der Waals surface area contributed by atoms with Gasteiger partial charge in [0.2, 0.25) is 5.79 Å². The molecule has 0 N–H and O–H groups in total. The molecule has 116 valence electrons. The predicted octanol–water partition coefficient (Wildman–Crippen LogP) is 3.66. The second-order valence-corrected chi connectivity index (χ2v) is 5.25. The molecule has 2 atom stereocenters. The van der Waals surface area contributed by atoms with Crippen LogP contribution in [0.5, 0.6) is 11.5 Å². The van der Waals surface area contributed by atoms with E-state index in [0.717, 1.165) is 22.6 Å². The summed E-state index contributed by atoms with van der Waals surface area (Å²) in [5.74, 6) is 0.731. The van der Waals surface area contributed by atoms with E-state index in [0.29, 0.717) is 6.42 Å². The molecule has 1 heterocycles. The van der Waals surface area contributed by atoms with E-state index in [9.17, 15) is 0 Å². The molecule has 0 fully saturated rings. The first-order chi connectivity index (χ1) is 10.7. The largest absolute Gasteiger partial charge is 0.497 e. The molecule has 0 saturated heterocycles. The van der Waals surface area contributed by atoms with Crippen molar-refractivity contribution in [1.82, 2.24) is 0 Å². The van der Waals surface area contributed by atoms with Crippen LogP contribution in [0.15, 0.2) is 48.5 Å². The summed E-state index contributed by atoms with van der Waals surface area (Å²) in [4.78, 5) is 0. The summed E-state index contributed by atoms with van der Waals surface area (Å²) in [5.41, 5.74) is 1.98. The Bertz CT molecular complexity index is 638. The lowest BCUT2D eigenvalue weighted by Crippen LogP contribution is -2.40. The monoisotopic (exact) mass is 300 g/mol. The van der Waals surface area contributed by atoms with Crippen LogP contribution in [0.4, 0.5) is 0 Å². The molecule has 22 heavy (non-hydrogen) atoms. The van der Waals surface area contributed by atoms with Crippen LogP contribution in [0.1, 0.15) is 23.7 Å². The topological polar surface area (TPSA) is 36.9 Å². The standard InChI is InChI=1S/C18H20O4/c1-19-14-10-8-13(9-11-14)18(21-3)12-17(20-2)15-6-4-5-7-16(15)22-18/h4-11,17H,12H2,1-3H3. The van der Waals surface area contributed by atoms with Crippen molar-refractivity contribution in [3.8, 4) is 11.5 Å². The quantitative estimate of drug-likeness (QED) is 0.863. The van der Waals surface area contributed by atoms with Crippen molar-refractivity contribution in [2.75, 3.05) is 21.3 Å². The highest BCUT2D eigenvalue weighted by Crippen LogP contribution is 2.46. The van der Waals surface area contributed by atoms with E-state index < -0.39 is 5.79 Å². The lowest BCUT2D eigenvalue weighted by atomic mass is 9.91. The summed E-state index contributed by atoms with van der Waals surface area (Å²) in [7, 11) is 5.02. The summed E-state index contributed by atoms with van der Waals surface area (Å²) in [6, 6.07) is 15.6. The van der Waals surface area contributed by atoms with Crippen molar-refractivity contribution in [1.29, 1.82) is 0 Å². The van der Waals surface area contributed by atoms with Crippen molar-refractivity contribution in [3.05, 3.63) is 59.7 Å². The second-order valence-electron chi connectivity index (χ2n) is 5.25. The van der Waals surface area contributed by atoms with Gasteiger partial charge >= 0.3 is 0 Å². The van der Waals surface area contributed by atoms with E-state index in [2.05, 4.69) is 0 Å². The molecular weight excluding hydrogens is 280 g/mol. The predicted molar refractivity (Wildman–Crippen MR) is 83.1 cm³/mol. The molecule has 1 aliphatic heterocycles. The highest BCUT2D eigenvalue weighted by molar-refractivity contribution is 5.40. The number of methoxy groups -OCH3 is 3. The van der Waals surface area contributed by atoms with Crippen molar-refractivity contribution >= 4 is 0 Å². The zero-order valence-corrected chi connectivity index (χ0v) is 13.0. The SMILES string of the molecule is COc1ccc(C2(OC)CC(OC)c3ccccc3O2)cc1. The fraction of sp³-hybridized carbons (Fsp3) is 0.333. The van der Waals surface area contributed by atoms with Gasteiger partial charge in [0.05, 0.1) is 13.2 Å². The Morgan fingerprint density at radius 3 is 2.36 bits per heavy atom. The molecule has 0 amide bonds. The molecule has 2 unspecified atom stereocenters. The van der Waals surface area contributed by atoms with E-state index >= 15 is 0 Å². The zero-order valence-electron chi connectivity index (χ0n) is 13.0. The van der Waals surface area contributed by atoms with Crippen molar-refractivity contribution < 1.29 is 18.9 Å². The normalized spacial score (nSPS) is 23.5. The van der Waals surface area contributed by atoms with Gasteiger partial charge in [-0.3, -0.25) is 0 Å². The first-order valence-corrected chi connectivity index (χ1v) is 7.23. The second kappa shape index (κ2) is 5.99. The molecule has 4 heteroatoms. The summed E-state index contributed by atoms with van der Waals surface area (Å²) < 4.78 is 22.9. The molecule has 0 saturated carbocycles. The number of hydrogen-bond donors (Lipinski definition) is 0. The summed E-state index contributed by atoms with van der Waals surface area (Å²) in [5, 5.41) is 0. The third-order valence-corrected chi connectivity index (χ3v) is 4.14. The van der Waals surface area contributed by atoms with E-state index in [-0.39, 0.29) is 6.10 Å². The van der Waals surface area contributed by atoms with Gasteiger partial charge in [-0.2, -0.15) is 0 Å². The summed E-state index contributed by atoms with van der Waals surface area (Å²) >= 11 is 0. The van der Waals surface area contributed by atoms with Gasteiger partial charge in [-0.05, 0) is 30.3 Å². The molecule has 4 nitrogen and oxygen atoms in total. The first-order valence-electron chi connectivity index (χ1n) is 7.23. The minimum absolute atomic E-state index is 0.0769. The Hall–Kier alpha value is -2.04. The molecule has 0 aliphatic carbocycles. The van der Waals surface area contributed by atoms with E-state index in [1.165, 1.54) is 0 Å². The number of para-hydroxylation sites is 1. The van der Waals surface area contributed by atoms with Crippen LogP contribution in [0, 0.1) is 0 Å². The molecule has 2 aromatic rings. The molecule has 2 aromatic carbocycles. The van der Waals surface area contributed by atoms with Crippen molar-refractivity contribution in [2.24, 2.45) is 0 Å². The fourth-order valence-corrected chi connectivity index (χ4v) is 2.89. The van der Waals surface area contributed by atoms with Crippen LogP contribution in [0.3, 0.4) is 0 Å². The summed E-state index contributed by atoms with van der Waals surface area (Å²) in [6.45, 7) is 0. The third-order valence-electron chi connectivity index (χ3n) is 4.14. The van der Waals surface area contributed by atoms with E-state index in [4.69, 9.17) is 18.9 Å². The average Bonchev–Trinajstić information content (AvgIpc) is 2.60. The number of fused-ring (bicyclic) bond motifs is 1. The van der Waals surface area contributed by atoms with Crippen LogP contribution < -0.4 is 9.47 Å². The lowest BCUT2D eigenvalue weighted by molar-refractivity contribution is -0.206. The van der Waals surface area contributed by atoms with Crippen LogP contribution in [0.25, 0.3) is 0 Å². The maximum Gasteiger partial charge on any atom is 0.239 e. The first kappa shape index (κ1) is 14.9. The van der Waals surface area contributed by atoms with Crippen molar-refractivity contribution in [3.63, 3.8) is 0 Å². The number of hydrogen-bond acceptors (Lipinski definition) is 4. The lowest BCUT2D eigenvalue weighted by Gasteiger charge is -2.40. The van der Waals surface area contributed by atoms with Gasteiger partial charge in [0.1, 0.15) is 11.5 Å². The number of benzene rings is 2. The Kier molecular flexibility index (Phi) is 4.05. The number of rotatable bonds is 4. The highest BCUT2D eigenvalue weighted by atomic mass is 16.7. The van der Waals surface area contributed by atoms with Gasteiger partial charge < -0.3 is 18.9 Å². The van der Waals surface area contributed by atoms with Crippen LogP contribution >= 0.6 is 0 Å². The Morgan fingerprint density at radius 1 is 1.00 bits per heavy atom. The molecule has 3 rings (SSSR count). The molecule has 1 aliphatic rings. The fourth-order valence-electron chi connectivity index (χ4n) is 2.89. The molecular formula is C18H20O4. The Morgan fingerprint density at radius 2 is 1.73 bits per heavy atom. The van der Waals surface area contributed by atoms with Crippen LogP contribution in [-0.4, -0.2) is 21.3 Å². The third kappa shape index (κ3) is 2.45. The van der Waals surface area contributed by atoms with Gasteiger partial charge in [-0.15, -0.1) is 0 Å². The van der Waals surface area contributed by atoms with Gasteiger partial charge in [-0.1, -0.05) is 18.2 Å². The molecule has 0 aromatic heterocycles. The van der Waals surface area contributed by atoms with Gasteiger partial charge in [0, 0.05) is 31.8 Å². The summed E-state index contributed by atoms with van der Waals surface area (Å²) in [6.07, 6.45) is 0.510. The molecule has 0 bridgehead atoms. The van der Waals surface area contributed by atoms with Gasteiger partial charge in [0.25, 0.3) is 0 Å². The number of ether oxygens (including phenoxy) is 4. The highest BCUT2D eigenvalue weighted by Gasteiger charge is 2.43. The van der Waals surface area contributed by atoms with Gasteiger partial charge in [-0.25, -0.2) is 0 Å². The average molecular weight is 300 g/mol.